The monoisotopic (exact) mass is 202 g/mol. The summed E-state index contributed by atoms with van der Waals surface area (Å²) in [6.07, 6.45) is 1.06. The van der Waals surface area contributed by atoms with E-state index in [0.29, 0.717) is 5.25 Å². The van der Waals surface area contributed by atoms with Crippen LogP contribution in [0.5, 0.6) is 0 Å². The zero-order chi connectivity index (χ0) is 9.52. The van der Waals surface area contributed by atoms with Crippen LogP contribution in [0.15, 0.2) is 4.99 Å². The van der Waals surface area contributed by atoms with Gasteiger partial charge in [0.25, 0.3) is 0 Å². The molecule has 4 heteroatoms. The zero-order valence-corrected chi connectivity index (χ0v) is 9.19. The van der Waals surface area contributed by atoms with Crippen LogP contribution >= 0.6 is 11.8 Å². The molecule has 0 saturated heterocycles. The third kappa shape index (κ3) is 4.52. The van der Waals surface area contributed by atoms with Gasteiger partial charge in [-0.05, 0) is 13.3 Å². The Hall–Kier alpha value is -0.220. The van der Waals surface area contributed by atoms with Crippen molar-refractivity contribution >= 4 is 16.9 Å². The van der Waals surface area contributed by atoms with Crippen LogP contribution in [-0.2, 0) is 4.74 Å². The molecule has 0 aliphatic carbocycles. The van der Waals surface area contributed by atoms with Gasteiger partial charge in [-0.2, -0.15) is 0 Å². The van der Waals surface area contributed by atoms with Crippen molar-refractivity contribution in [3.8, 4) is 0 Å². The lowest BCUT2D eigenvalue weighted by molar-refractivity contribution is 0.146. The molecule has 1 heterocycles. The van der Waals surface area contributed by atoms with Crippen molar-refractivity contribution in [2.45, 2.75) is 25.5 Å². The van der Waals surface area contributed by atoms with Crippen LogP contribution in [-0.4, -0.2) is 36.7 Å². The molecule has 1 unspecified atom stereocenters. The van der Waals surface area contributed by atoms with Gasteiger partial charge < -0.3 is 10.1 Å². The molecule has 0 bridgehead atoms. The molecule has 1 aliphatic rings. The Kier molecular flexibility index (Phi) is 5.23. The van der Waals surface area contributed by atoms with Gasteiger partial charge in [-0.15, -0.1) is 0 Å². The van der Waals surface area contributed by atoms with Crippen LogP contribution in [0.2, 0.25) is 0 Å². The van der Waals surface area contributed by atoms with Gasteiger partial charge in [-0.3, -0.25) is 4.99 Å². The molecule has 0 radical (unpaired) electrons. The molecule has 3 nitrogen and oxygen atoms in total. The molecule has 13 heavy (non-hydrogen) atoms. The van der Waals surface area contributed by atoms with E-state index in [1.54, 1.807) is 0 Å². The fraction of sp³-hybridized carbons (Fsp3) is 0.889. The first kappa shape index (κ1) is 10.9. The fourth-order valence-corrected chi connectivity index (χ4v) is 1.95. The Morgan fingerprint density at radius 3 is 3.15 bits per heavy atom. The first-order valence-electron chi connectivity index (χ1n) is 4.85. The van der Waals surface area contributed by atoms with E-state index in [1.807, 2.05) is 18.7 Å². The minimum absolute atomic E-state index is 0.648. The summed E-state index contributed by atoms with van der Waals surface area (Å²) in [5, 5.41) is 5.05. The summed E-state index contributed by atoms with van der Waals surface area (Å²) < 4.78 is 5.23. The molecule has 1 rings (SSSR count). The number of amidine groups is 1. The van der Waals surface area contributed by atoms with Crippen molar-refractivity contribution in [1.29, 1.82) is 0 Å². The number of ether oxygens (including phenoxy) is 1. The smallest absolute Gasteiger partial charge is 0.156 e. The molecule has 0 fully saturated rings. The molecule has 1 atom stereocenters. The van der Waals surface area contributed by atoms with Crippen LogP contribution in [0.25, 0.3) is 0 Å². The molecule has 0 aromatic heterocycles. The maximum atomic E-state index is 5.23. The number of thioether (sulfide) groups is 1. The summed E-state index contributed by atoms with van der Waals surface area (Å²) in [5.41, 5.74) is 0. The summed E-state index contributed by atoms with van der Waals surface area (Å²) in [6.45, 7) is 7.80. The fourth-order valence-electron chi connectivity index (χ4n) is 1.09. The van der Waals surface area contributed by atoms with E-state index in [1.165, 1.54) is 0 Å². The molecule has 76 valence electrons. The number of nitrogens with zero attached hydrogens (tertiary/aromatic N) is 1. The van der Waals surface area contributed by atoms with Crippen LogP contribution in [0.1, 0.15) is 20.3 Å². The van der Waals surface area contributed by atoms with E-state index in [0.717, 1.165) is 37.9 Å². The number of rotatable bonds is 5. The number of nitrogens with one attached hydrogen (secondary N) is 1. The highest BCUT2D eigenvalue weighted by molar-refractivity contribution is 8.14. The summed E-state index contributed by atoms with van der Waals surface area (Å²) in [5.74, 6) is 0. The molecule has 0 aromatic carbocycles. The molecule has 0 amide bonds. The van der Waals surface area contributed by atoms with Crippen molar-refractivity contribution in [1.82, 2.24) is 5.32 Å². The number of aliphatic imine (C=N–C) groups is 1. The highest BCUT2D eigenvalue weighted by atomic mass is 32.2. The van der Waals surface area contributed by atoms with Crippen LogP contribution in [0, 0.1) is 0 Å². The minimum atomic E-state index is 0.648. The van der Waals surface area contributed by atoms with E-state index in [-0.39, 0.29) is 0 Å². The quantitative estimate of drug-likeness (QED) is 0.686. The largest absolute Gasteiger partial charge is 0.382 e. The molecule has 1 N–H and O–H groups in total. The van der Waals surface area contributed by atoms with E-state index >= 15 is 0 Å². The van der Waals surface area contributed by atoms with E-state index < -0.39 is 0 Å². The standard InChI is InChI=1S/C9H18N2OS/c1-3-12-6-4-5-10-9-11-7-8(2)13-9/h8H,3-7H2,1-2H3,(H,10,11). The van der Waals surface area contributed by atoms with Crippen molar-refractivity contribution in [3.05, 3.63) is 0 Å². The van der Waals surface area contributed by atoms with E-state index in [9.17, 15) is 0 Å². The van der Waals surface area contributed by atoms with Crippen LogP contribution < -0.4 is 5.32 Å². The third-order valence-electron chi connectivity index (χ3n) is 1.75. The SMILES string of the molecule is CCOCCCNC1=NCC(C)S1. The predicted molar refractivity (Wildman–Crippen MR) is 58.5 cm³/mol. The molecule has 0 saturated carbocycles. The second kappa shape index (κ2) is 6.27. The zero-order valence-electron chi connectivity index (χ0n) is 8.38. The summed E-state index contributed by atoms with van der Waals surface area (Å²) in [4.78, 5) is 4.36. The van der Waals surface area contributed by atoms with Gasteiger partial charge in [0.15, 0.2) is 5.17 Å². The highest BCUT2D eigenvalue weighted by Crippen LogP contribution is 2.18. The van der Waals surface area contributed by atoms with Crippen molar-refractivity contribution in [2.24, 2.45) is 4.99 Å². The van der Waals surface area contributed by atoms with Gasteiger partial charge in [0, 0.05) is 25.0 Å². The first-order valence-corrected chi connectivity index (χ1v) is 5.73. The second-order valence-electron chi connectivity index (χ2n) is 3.05. The molecule has 1 aliphatic heterocycles. The maximum absolute atomic E-state index is 5.23. The van der Waals surface area contributed by atoms with Crippen molar-refractivity contribution in [2.75, 3.05) is 26.3 Å². The third-order valence-corrected chi connectivity index (χ3v) is 2.80. The topological polar surface area (TPSA) is 33.6 Å². The van der Waals surface area contributed by atoms with Gasteiger partial charge in [0.05, 0.1) is 6.54 Å². The number of hydrogen-bond acceptors (Lipinski definition) is 4. The average molecular weight is 202 g/mol. The maximum Gasteiger partial charge on any atom is 0.156 e. The Bertz CT molecular complexity index is 173. The summed E-state index contributed by atoms with van der Waals surface area (Å²) in [7, 11) is 0. The van der Waals surface area contributed by atoms with Crippen molar-refractivity contribution in [3.63, 3.8) is 0 Å². The number of hydrogen-bond donors (Lipinski definition) is 1. The van der Waals surface area contributed by atoms with Crippen LogP contribution in [0.4, 0.5) is 0 Å². The normalized spacial score (nSPS) is 21.7. The highest BCUT2D eigenvalue weighted by Gasteiger charge is 2.13. The summed E-state index contributed by atoms with van der Waals surface area (Å²) in [6, 6.07) is 0. The molecule has 0 spiro atoms. The Morgan fingerprint density at radius 2 is 2.54 bits per heavy atom. The Labute approximate surface area is 84.3 Å². The first-order chi connectivity index (χ1) is 6.33. The average Bonchev–Trinajstić information content (AvgIpc) is 2.51. The Morgan fingerprint density at radius 1 is 1.69 bits per heavy atom. The van der Waals surface area contributed by atoms with Gasteiger partial charge in [-0.25, -0.2) is 0 Å². The van der Waals surface area contributed by atoms with Gasteiger partial charge >= 0.3 is 0 Å². The molecular formula is C9H18N2OS. The van der Waals surface area contributed by atoms with Crippen molar-refractivity contribution < 1.29 is 4.74 Å². The lowest BCUT2D eigenvalue weighted by atomic mass is 10.4. The minimum Gasteiger partial charge on any atom is -0.382 e. The molecule has 0 aromatic rings. The van der Waals surface area contributed by atoms with Gasteiger partial charge in [-0.1, -0.05) is 18.7 Å². The lowest BCUT2D eigenvalue weighted by Crippen LogP contribution is -2.21. The predicted octanol–water partition coefficient (Wildman–Crippen LogP) is 1.49. The van der Waals surface area contributed by atoms with E-state index in [2.05, 4.69) is 17.2 Å². The lowest BCUT2D eigenvalue weighted by Gasteiger charge is -2.05. The van der Waals surface area contributed by atoms with Crippen LogP contribution in [0.3, 0.4) is 0 Å². The Balaban J connectivity index is 1.94. The summed E-state index contributed by atoms with van der Waals surface area (Å²) >= 11 is 1.83. The molecular weight excluding hydrogens is 184 g/mol. The second-order valence-corrected chi connectivity index (χ2v) is 4.48. The van der Waals surface area contributed by atoms with Gasteiger partial charge in [0.1, 0.15) is 0 Å². The van der Waals surface area contributed by atoms with E-state index in [4.69, 9.17) is 4.74 Å². The van der Waals surface area contributed by atoms with Gasteiger partial charge in [0.2, 0.25) is 0 Å².